The van der Waals surface area contributed by atoms with E-state index in [1.165, 1.54) is 32.4 Å². The van der Waals surface area contributed by atoms with Crippen LogP contribution < -0.4 is 4.74 Å². The number of methoxy groups -OCH3 is 1. The molecular weight excluding hydrogens is 464 g/mol. The first kappa shape index (κ1) is 25.7. The number of aryl methyl sites for hydroxylation is 1. The molecule has 3 aliphatic rings. The van der Waals surface area contributed by atoms with E-state index in [9.17, 15) is 9.59 Å². The Labute approximate surface area is 220 Å². The van der Waals surface area contributed by atoms with Gasteiger partial charge in [0.05, 0.1) is 18.4 Å². The summed E-state index contributed by atoms with van der Waals surface area (Å²) in [6, 6.07) is 11.8. The van der Waals surface area contributed by atoms with E-state index in [1.54, 1.807) is 7.11 Å². The minimum atomic E-state index is 0.0474. The minimum Gasteiger partial charge on any atom is -0.497 e. The van der Waals surface area contributed by atoms with Crippen LogP contribution >= 0.6 is 0 Å². The fourth-order valence-electron chi connectivity index (χ4n) is 6.23. The van der Waals surface area contributed by atoms with Gasteiger partial charge >= 0.3 is 0 Å². The SMILES string of the molecule is COc1ccc(C(=O)N2CCC(c3nc(C)ccc3C(=O)N3CCC(N4CCCCC4)CC3)CC2)cc1. The maximum atomic E-state index is 13.7. The summed E-state index contributed by atoms with van der Waals surface area (Å²) in [6.45, 7) is 7.39. The molecule has 7 nitrogen and oxygen atoms in total. The molecule has 0 spiro atoms. The van der Waals surface area contributed by atoms with Gasteiger partial charge in [0.2, 0.25) is 0 Å². The second-order valence-electron chi connectivity index (χ2n) is 10.8. The van der Waals surface area contributed by atoms with Crippen molar-refractivity contribution in [2.24, 2.45) is 0 Å². The zero-order chi connectivity index (χ0) is 25.8. The van der Waals surface area contributed by atoms with Crippen molar-refractivity contribution < 1.29 is 14.3 Å². The number of ether oxygens (including phenoxy) is 1. The standard InChI is InChI=1S/C30H40N4O3/c1-22-6-11-27(30(36)34-20-14-25(15-21-34)32-16-4-3-5-17-32)28(31-22)23-12-18-33(19-13-23)29(35)24-7-9-26(37-2)10-8-24/h6-11,23,25H,3-5,12-21H2,1-2H3. The van der Waals surface area contributed by atoms with Gasteiger partial charge in [-0.1, -0.05) is 6.42 Å². The lowest BCUT2D eigenvalue weighted by Gasteiger charge is -2.40. The van der Waals surface area contributed by atoms with Crippen LogP contribution in [0.5, 0.6) is 5.75 Å². The molecule has 0 atom stereocenters. The van der Waals surface area contributed by atoms with E-state index in [0.717, 1.165) is 61.5 Å². The zero-order valence-corrected chi connectivity index (χ0v) is 22.3. The topological polar surface area (TPSA) is 66.0 Å². The number of likely N-dealkylation sites (tertiary alicyclic amines) is 3. The Morgan fingerprint density at radius 3 is 2.05 bits per heavy atom. The fraction of sp³-hybridized carbons (Fsp3) is 0.567. The first-order chi connectivity index (χ1) is 18.0. The van der Waals surface area contributed by atoms with Crippen LogP contribution in [-0.4, -0.2) is 83.9 Å². The third kappa shape index (κ3) is 5.82. The van der Waals surface area contributed by atoms with Crippen molar-refractivity contribution in [3.63, 3.8) is 0 Å². The lowest BCUT2D eigenvalue weighted by atomic mass is 9.89. The van der Waals surface area contributed by atoms with E-state index in [0.29, 0.717) is 24.7 Å². The maximum absolute atomic E-state index is 13.7. The maximum Gasteiger partial charge on any atom is 0.255 e. The molecule has 37 heavy (non-hydrogen) atoms. The number of benzene rings is 1. The molecular formula is C30H40N4O3. The summed E-state index contributed by atoms with van der Waals surface area (Å²) in [5.41, 5.74) is 3.28. The largest absolute Gasteiger partial charge is 0.497 e. The Morgan fingerprint density at radius 1 is 0.784 bits per heavy atom. The molecule has 0 aliphatic carbocycles. The summed E-state index contributed by atoms with van der Waals surface area (Å²) in [6.07, 6.45) is 7.72. The molecule has 0 N–H and O–H groups in total. The first-order valence-corrected chi connectivity index (χ1v) is 14.0. The van der Waals surface area contributed by atoms with Crippen LogP contribution in [0.3, 0.4) is 0 Å². The van der Waals surface area contributed by atoms with Crippen molar-refractivity contribution in [3.05, 3.63) is 58.9 Å². The molecule has 2 amide bonds. The van der Waals surface area contributed by atoms with Crippen molar-refractivity contribution in [2.45, 2.75) is 63.8 Å². The Bertz CT molecular complexity index is 1080. The third-order valence-electron chi connectivity index (χ3n) is 8.46. The van der Waals surface area contributed by atoms with Crippen LogP contribution in [0.4, 0.5) is 0 Å². The number of hydrogen-bond acceptors (Lipinski definition) is 5. The number of hydrogen-bond donors (Lipinski definition) is 0. The molecule has 1 aromatic carbocycles. The van der Waals surface area contributed by atoms with Gasteiger partial charge in [0, 0.05) is 49.4 Å². The van der Waals surface area contributed by atoms with Crippen LogP contribution in [0.15, 0.2) is 36.4 Å². The van der Waals surface area contributed by atoms with Crippen LogP contribution in [0, 0.1) is 6.92 Å². The van der Waals surface area contributed by atoms with Gasteiger partial charge in [-0.3, -0.25) is 14.6 Å². The van der Waals surface area contributed by atoms with Gasteiger partial charge in [0.15, 0.2) is 0 Å². The summed E-state index contributed by atoms with van der Waals surface area (Å²) in [5.74, 6) is 1.10. The number of aromatic nitrogens is 1. The highest BCUT2D eigenvalue weighted by Crippen LogP contribution is 2.31. The molecule has 0 unspecified atom stereocenters. The average molecular weight is 505 g/mol. The van der Waals surface area contributed by atoms with E-state index in [2.05, 4.69) is 4.90 Å². The van der Waals surface area contributed by atoms with Crippen LogP contribution in [0.1, 0.15) is 83.0 Å². The van der Waals surface area contributed by atoms with Crippen LogP contribution in [0.2, 0.25) is 0 Å². The molecule has 0 bridgehead atoms. The molecule has 4 heterocycles. The lowest BCUT2D eigenvalue weighted by molar-refractivity contribution is 0.0585. The number of amides is 2. The predicted octanol–water partition coefficient (Wildman–Crippen LogP) is 4.51. The zero-order valence-electron chi connectivity index (χ0n) is 22.3. The lowest BCUT2D eigenvalue weighted by Crippen LogP contribution is -2.48. The first-order valence-electron chi connectivity index (χ1n) is 14.0. The van der Waals surface area contributed by atoms with E-state index < -0.39 is 0 Å². The fourth-order valence-corrected chi connectivity index (χ4v) is 6.23. The summed E-state index contributed by atoms with van der Waals surface area (Å²) in [7, 11) is 1.62. The van der Waals surface area contributed by atoms with Gasteiger partial charge in [0.1, 0.15) is 5.75 Å². The van der Waals surface area contributed by atoms with Crippen molar-refractivity contribution in [1.29, 1.82) is 0 Å². The summed E-state index contributed by atoms with van der Waals surface area (Å²) >= 11 is 0. The molecule has 3 saturated heterocycles. The third-order valence-corrected chi connectivity index (χ3v) is 8.46. The molecule has 5 rings (SSSR count). The molecule has 1 aromatic heterocycles. The Balaban J connectivity index is 1.22. The second-order valence-corrected chi connectivity index (χ2v) is 10.8. The number of pyridine rings is 1. The number of rotatable bonds is 5. The predicted molar refractivity (Wildman–Crippen MR) is 144 cm³/mol. The van der Waals surface area contributed by atoms with Crippen molar-refractivity contribution in [1.82, 2.24) is 19.7 Å². The number of carbonyl (C=O) groups excluding carboxylic acids is 2. The van der Waals surface area contributed by atoms with Gasteiger partial charge in [-0.2, -0.15) is 0 Å². The van der Waals surface area contributed by atoms with Crippen LogP contribution in [-0.2, 0) is 0 Å². The van der Waals surface area contributed by atoms with Gasteiger partial charge in [-0.25, -0.2) is 0 Å². The normalized spacial score (nSPS) is 20.2. The van der Waals surface area contributed by atoms with Gasteiger partial charge in [-0.15, -0.1) is 0 Å². The average Bonchev–Trinajstić information content (AvgIpc) is 2.97. The minimum absolute atomic E-state index is 0.0474. The molecule has 7 heteroatoms. The molecule has 198 valence electrons. The molecule has 3 aliphatic heterocycles. The number of nitrogens with zero attached hydrogens (tertiary/aromatic N) is 4. The highest BCUT2D eigenvalue weighted by atomic mass is 16.5. The Kier molecular flexibility index (Phi) is 8.08. The number of carbonyl (C=O) groups is 2. The van der Waals surface area contributed by atoms with E-state index in [-0.39, 0.29) is 17.7 Å². The molecule has 2 aromatic rings. The number of piperidine rings is 3. The quantitative estimate of drug-likeness (QED) is 0.600. The van der Waals surface area contributed by atoms with E-state index in [1.807, 2.05) is 53.1 Å². The molecule has 0 radical (unpaired) electrons. The van der Waals surface area contributed by atoms with Gasteiger partial charge in [-0.05, 0) is 94.9 Å². The van der Waals surface area contributed by atoms with E-state index in [4.69, 9.17) is 9.72 Å². The summed E-state index contributed by atoms with van der Waals surface area (Å²) in [5, 5.41) is 0. The molecule has 3 fully saturated rings. The highest BCUT2D eigenvalue weighted by Gasteiger charge is 2.32. The smallest absolute Gasteiger partial charge is 0.255 e. The highest BCUT2D eigenvalue weighted by molar-refractivity contribution is 5.96. The summed E-state index contributed by atoms with van der Waals surface area (Å²) < 4.78 is 5.21. The monoisotopic (exact) mass is 504 g/mol. The van der Waals surface area contributed by atoms with E-state index >= 15 is 0 Å². The van der Waals surface area contributed by atoms with Gasteiger partial charge < -0.3 is 19.4 Å². The van der Waals surface area contributed by atoms with Crippen molar-refractivity contribution in [3.8, 4) is 5.75 Å². The van der Waals surface area contributed by atoms with Crippen molar-refractivity contribution >= 4 is 11.8 Å². The second kappa shape index (κ2) is 11.6. The molecule has 0 saturated carbocycles. The summed E-state index contributed by atoms with van der Waals surface area (Å²) in [4.78, 5) is 38.2. The van der Waals surface area contributed by atoms with Crippen molar-refractivity contribution in [2.75, 3.05) is 46.4 Å². The Morgan fingerprint density at radius 2 is 1.41 bits per heavy atom. The van der Waals surface area contributed by atoms with Gasteiger partial charge in [0.25, 0.3) is 11.8 Å². The van der Waals surface area contributed by atoms with Crippen LogP contribution in [0.25, 0.3) is 0 Å². The Hall–Kier alpha value is -2.93.